The summed E-state index contributed by atoms with van der Waals surface area (Å²) in [7, 11) is 0. The van der Waals surface area contributed by atoms with Crippen molar-refractivity contribution in [3.63, 3.8) is 0 Å². The number of rotatable bonds is 3. The van der Waals surface area contributed by atoms with E-state index >= 15 is 9.90 Å². The molecule has 4 heterocycles. The summed E-state index contributed by atoms with van der Waals surface area (Å²) < 4.78 is 0. The Morgan fingerprint density at radius 1 is 0.740 bits per heavy atom. The topological polar surface area (TPSA) is 122 Å². The number of dihydropyridines is 1. The van der Waals surface area contributed by atoms with Gasteiger partial charge in [-0.3, -0.25) is 4.79 Å². The molecular formula is C93H102N2O5. The van der Waals surface area contributed by atoms with Crippen LogP contribution in [0.2, 0.25) is 0 Å². The van der Waals surface area contributed by atoms with Crippen molar-refractivity contribution in [2.45, 2.75) is 185 Å². The van der Waals surface area contributed by atoms with E-state index in [0.29, 0.717) is 61.8 Å². The first-order chi connectivity index (χ1) is 49.0. The Labute approximate surface area is 592 Å². The van der Waals surface area contributed by atoms with Gasteiger partial charge in [0.2, 0.25) is 0 Å². The Morgan fingerprint density at radius 3 is 2.45 bits per heavy atom. The maximum absolute atomic E-state index is 15.7. The van der Waals surface area contributed by atoms with Crippen LogP contribution in [0.3, 0.4) is 0 Å². The molecule has 7 nitrogen and oxygen atoms in total. The zero-order valence-electron chi connectivity index (χ0n) is 58.5. The number of nitrogens with one attached hydrogen (secondary N) is 2. The van der Waals surface area contributed by atoms with Gasteiger partial charge in [0.05, 0.1) is 30.2 Å². The monoisotopic (exact) mass is 1330 g/mol. The fourth-order valence-corrected chi connectivity index (χ4v) is 31.8. The minimum absolute atomic E-state index is 0.0293. The van der Waals surface area contributed by atoms with Crippen LogP contribution in [0.1, 0.15) is 195 Å². The van der Waals surface area contributed by atoms with Gasteiger partial charge in [0, 0.05) is 64.3 Å². The van der Waals surface area contributed by atoms with E-state index < -0.39 is 56.6 Å². The number of aliphatic hydroxyl groups excluding tert-OH is 3. The second-order valence-electron chi connectivity index (χ2n) is 36.8. The molecule has 6 N–H and O–H groups in total. The first-order valence-corrected chi connectivity index (χ1v) is 40.5. The number of aliphatic hydroxyl groups is 3. The molecule has 0 amide bonds. The highest BCUT2D eigenvalue weighted by Crippen LogP contribution is 2.92. The maximum Gasteiger partial charge on any atom is 0.307 e. The van der Waals surface area contributed by atoms with Gasteiger partial charge < -0.3 is 31.1 Å². The molecule has 24 rings (SSSR count). The van der Waals surface area contributed by atoms with Crippen LogP contribution in [0.15, 0.2) is 168 Å². The van der Waals surface area contributed by atoms with Crippen LogP contribution in [0.25, 0.3) is 22.8 Å². The molecule has 7 heteroatoms. The number of fused-ring (bicyclic) bond motifs is 5. The van der Waals surface area contributed by atoms with Crippen molar-refractivity contribution in [1.29, 1.82) is 0 Å². The van der Waals surface area contributed by atoms with Crippen LogP contribution in [0, 0.1) is 133 Å². The zero-order chi connectivity index (χ0) is 66.4. The van der Waals surface area contributed by atoms with E-state index in [1.54, 1.807) is 11.1 Å². The lowest BCUT2D eigenvalue weighted by Crippen LogP contribution is -2.74. The van der Waals surface area contributed by atoms with Crippen molar-refractivity contribution in [3.8, 4) is 11.8 Å². The van der Waals surface area contributed by atoms with Gasteiger partial charge in [0.1, 0.15) is 0 Å². The van der Waals surface area contributed by atoms with Crippen LogP contribution < -0.4 is 21.1 Å². The van der Waals surface area contributed by atoms with Gasteiger partial charge in [-0.1, -0.05) is 176 Å². The van der Waals surface area contributed by atoms with Crippen LogP contribution in [-0.4, -0.2) is 51.7 Å². The van der Waals surface area contributed by atoms with Gasteiger partial charge >= 0.3 is 5.97 Å². The molecule has 21 aliphatic rings. The average molecular weight is 1330 g/mol. The lowest BCUT2D eigenvalue weighted by molar-refractivity contribution is -0.204. The predicted molar refractivity (Wildman–Crippen MR) is 394 cm³/mol. The molecule has 0 saturated heterocycles. The number of aliphatic carboxylic acids is 1. The van der Waals surface area contributed by atoms with Gasteiger partial charge in [0.25, 0.3) is 0 Å². The smallest absolute Gasteiger partial charge is 0.307 e. The van der Waals surface area contributed by atoms with Crippen molar-refractivity contribution < 1.29 is 25.2 Å². The van der Waals surface area contributed by atoms with Gasteiger partial charge in [-0.25, -0.2) is 0 Å². The molecule has 8 fully saturated rings. The molecule has 4 aliphatic heterocycles. The minimum atomic E-state index is -1.03. The summed E-state index contributed by atoms with van der Waals surface area (Å²) >= 11 is 0. The first kappa shape index (κ1) is 60.9. The van der Waals surface area contributed by atoms with E-state index in [2.05, 4.69) is 162 Å². The van der Waals surface area contributed by atoms with E-state index in [4.69, 9.17) is 0 Å². The normalized spacial score (nSPS) is 46.8. The molecule has 0 aromatic heterocycles. The van der Waals surface area contributed by atoms with Crippen LogP contribution in [0.5, 0.6) is 0 Å². The third-order valence-corrected chi connectivity index (χ3v) is 34.3. The summed E-state index contributed by atoms with van der Waals surface area (Å²) in [5.74, 6) is 11.3. The summed E-state index contributed by atoms with van der Waals surface area (Å²) in [6.07, 6.45) is 53.8. The molecule has 3 aromatic carbocycles. The molecule has 19 bridgehead atoms. The van der Waals surface area contributed by atoms with Crippen LogP contribution in [-0.2, 0) is 4.79 Å². The Hall–Kier alpha value is -6.59. The van der Waals surface area contributed by atoms with Crippen molar-refractivity contribution in [1.82, 2.24) is 10.6 Å². The van der Waals surface area contributed by atoms with Crippen molar-refractivity contribution >= 4 is 28.8 Å². The zero-order valence-corrected chi connectivity index (χ0v) is 58.5. The van der Waals surface area contributed by atoms with Gasteiger partial charge in [-0.2, -0.15) is 0 Å². The highest BCUT2D eigenvalue weighted by atomic mass is 16.4. The standard InChI is InChI=1S/C93H102N2O5/c96-53-63-29-34-76(85(99)100)91-43-37-72-81-61(49-87(72)48-60-27-26-58(45-64(60)50-87)54-13-3-1-4-14-54)28-33-73-83-74(36-42-90(91)41-10-21-75(84(91)98)93(81,83)90)92-65-31-32-69-67-18-7-8-19-68(67)80-71(82(69)92)51-89(73)40-12-39-88(86(89)92,77(97)47-65)38-9-17-57-24-22-56-23-25-59(46-70(56)79(57)80)62-30-35-78(95-52-62)94-44-11-20-66(63)55-15-5-2-6-16-55/h1,3-4,7-8,12-14,18-19,22-25,30-32,35,37,40,43,46,51,53,55,57-58,60-61,64-66,72-73,75-77,79,81-82,84,86,94-98H,2,5-6,10-11,15-16,20-21,26-29,33-34,36,38-39,41-42,44-45,47-50,52H2,(H,99,100). The van der Waals surface area contributed by atoms with Crippen LogP contribution in [0.4, 0.5) is 0 Å². The second-order valence-corrected chi connectivity index (χ2v) is 36.8. The first-order valence-electron chi connectivity index (χ1n) is 40.5. The molecular weight excluding hydrogens is 1230 g/mol. The lowest BCUT2D eigenvalue weighted by atomic mass is 9.25. The second kappa shape index (κ2) is 21.5. The highest BCUT2D eigenvalue weighted by Gasteiger charge is 2.88. The van der Waals surface area contributed by atoms with Crippen molar-refractivity contribution in [2.24, 2.45) is 121 Å². The van der Waals surface area contributed by atoms with E-state index in [9.17, 15) is 15.3 Å². The fourth-order valence-electron chi connectivity index (χ4n) is 31.8. The van der Waals surface area contributed by atoms with E-state index in [0.717, 1.165) is 95.0 Å². The number of hydrogen-bond donors (Lipinski definition) is 6. The number of carbonyl (C=O) groups is 1. The molecule has 100 heavy (non-hydrogen) atoms. The summed E-state index contributed by atoms with van der Waals surface area (Å²) in [5.41, 5.74) is 12.3. The lowest BCUT2D eigenvalue weighted by Gasteiger charge is -2.78. The number of carboxylic acid groups (broad SMARTS) is 1. The highest BCUT2D eigenvalue weighted by molar-refractivity contribution is 5.88. The maximum atomic E-state index is 15.7. The number of benzene rings is 3. The third-order valence-electron chi connectivity index (χ3n) is 34.3. The number of hydrogen-bond acceptors (Lipinski definition) is 6. The molecule has 17 aliphatic carbocycles. The van der Waals surface area contributed by atoms with Crippen molar-refractivity contribution in [2.75, 3.05) is 13.1 Å². The SMILES string of the molecule is O=C(O)C1CCC(=CO)C(C2CCCCC2)CCCNC2=CC=C(CN2)c2ccc3c(c2)C2C4=c5ccccc5=C5C=CC6CC(O)C7(CC#CC2C=C3)CC=CC23C=C4C5C6(C4=C5C2CCC2CC6(CC8CCC(c9ccccc9)CC8C6)C6C=CC18C(O)C1CCCC8(CC4)C51C26)C37. The Morgan fingerprint density at radius 2 is 1.59 bits per heavy atom. The van der Waals surface area contributed by atoms with Crippen molar-refractivity contribution in [3.05, 3.63) is 201 Å². The quantitative estimate of drug-likeness (QED) is 0.0877. The molecule has 24 atom stereocenters. The largest absolute Gasteiger partial charge is 0.516 e. The Bertz CT molecular complexity index is 4560. The summed E-state index contributed by atoms with van der Waals surface area (Å²) in [6, 6.07) is 28.4. The molecule has 514 valence electrons. The van der Waals surface area contributed by atoms with Gasteiger partial charge in [0.15, 0.2) is 0 Å². The van der Waals surface area contributed by atoms with E-state index in [-0.39, 0.29) is 64.6 Å². The van der Waals surface area contributed by atoms with Crippen LogP contribution >= 0.6 is 0 Å². The van der Waals surface area contributed by atoms with E-state index in [1.807, 2.05) is 0 Å². The predicted octanol–water partition coefficient (Wildman–Crippen LogP) is 16.7. The molecule has 5 spiro atoms. The summed E-state index contributed by atoms with van der Waals surface area (Å²) in [4.78, 5) is 15.7. The van der Waals surface area contributed by atoms with Gasteiger partial charge in [-0.15, -0.1) is 5.92 Å². The number of allylic oxidation sites excluding steroid dienone is 13. The third kappa shape index (κ3) is 7.42. The molecule has 24 unspecified atom stereocenters. The van der Waals surface area contributed by atoms with E-state index in [1.165, 1.54) is 119 Å². The molecule has 3 aromatic rings. The molecule has 8 saturated carbocycles. The number of carboxylic acids is 1. The minimum Gasteiger partial charge on any atom is -0.516 e. The molecule has 0 radical (unpaired) electrons. The summed E-state index contributed by atoms with van der Waals surface area (Å²) in [6.45, 7) is 1.51. The average Bonchev–Trinajstić information content (AvgIpc) is 1.26. The summed E-state index contributed by atoms with van der Waals surface area (Å²) in [5, 5.41) is 64.1. The van der Waals surface area contributed by atoms with Gasteiger partial charge in [-0.05, 0) is 277 Å². The Kier molecular flexibility index (Phi) is 13.1. The fraction of sp³-hybridized carbons (Fsp3) is 0.559. The Balaban J connectivity index is 0.824.